The summed E-state index contributed by atoms with van der Waals surface area (Å²) >= 11 is 1.24. The average Bonchev–Trinajstić information content (AvgIpc) is 2.61. The zero-order valence-corrected chi connectivity index (χ0v) is 10.0. The fraction of sp³-hybridized carbons (Fsp3) is 0.273. The van der Waals surface area contributed by atoms with E-state index < -0.39 is 0 Å². The molecule has 0 aromatic carbocycles. The standard InChI is InChI=1S/C11H13N3OS/c1-8-7-16-11(15)14(8)6-9-3-4-13-10(5-9)12-2/h3-5,7H,6H2,1-2H3,(H,12,13). The van der Waals surface area contributed by atoms with Crippen molar-refractivity contribution in [3.63, 3.8) is 0 Å². The SMILES string of the molecule is CNc1cc(Cn2c(C)csc2=O)ccn1. The van der Waals surface area contributed by atoms with Crippen molar-refractivity contribution in [3.8, 4) is 0 Å². The summed E-state index contributed by atoms with van der Waals surface area (Å²) in [6.45, 7) is 2.55. The highest BCUT2D eigenvalue weighted by atomic mass is 32.1. The van der Waals surface area contributed by atoms with Gasteiger partial charge >= 0.3 is 4.87 Å². The molecule has 1 N–H and O–H groups in total. The zero-order chi connectivity index (χ0) is 11.5. The minimum absolute atomic E-state index is 0.0836. The van der Waals surface area contributed by atoms with Crippen LogP contribution >= 0.6 is 11.3 Å². The Hall–Kier alpha value is -1.62. The number of nitrogens with zero attached hydrogens (tertiary/aromatic N) is 2. The number of pyridine rings is 1. The van der Waals surface area contributed by atoms with Gasteiger partial charge in [0.15, 0.2) is 0 Å². The van der Waals surface area contributed by atoms with E-state index in [1.54, 1.807) is 10.8 Å². The van der Waals surface area contributed by atoms with Gasteiger partial charge in [0.2, 0.25) is 0 Å². The van der Waals surface area contributed by atoms with E-state index >= 15 is 0 Å². The lowest BCUT2D eigenvalue weighted by molar-refractivity contribution is 0.754. The fourth-order valence-corrected chi connectivity index (χ4v) is 2.22. The third-order valence-electron chi connectivity index (χ3n) is 2.40. The molecule has 0 saturated heterocycles. The molecule has 5 heteroatoms. The lowest BCUT2D eigenvalue weighted by Crippen LogP contribution is -2.15. The molecule has 0 atom stereocenters. The van der Waals surface area contributed by atoms with Gasteiger partial charge in [0, 0.05) is 24.3 Å². The second kappa shape index (κ2) is 4.49. The van der Waals surface area contributed by atoms with Crippen molar-refractivity contribution in [1.82, 2.24) is 9.55 Å². The Morgan fingerprint density at radius 2 is 2.38 bits per heavy atom. The molecule has 2 aromatic rings. The molecule has 2 rings (SSSR count). The quantitative estimate of drug-likeness (QED) is 0.881. The summed E-state index contributed by atoms with van der Waals surface area (Å²) in [6, 6.07) is 3.87. The number of nitrogens with one attached hydrogen (secondary N) is 1. The minimum Gasteiger partial charge on any atom is -0.373 e. The Kier molecular flexibility index (Phi) is 3.05. The molecule has 2 heterocycles. The molecular weight excluding hydrogens is 222 g/mol. The predicted octanol–water partition coefficient (Wildman–Crippen LogP) is 1.70. The molecule has 0 unspecified atom stereocenters. The molecule has 0 amide bonds. The van der Waals surface area contributed by atoms with Gasteiger partial charge in [0.05, 0.1) is 6.54 Å². The summed E-state index contributed by atoms with van der Waals surface area (Å²) in [5, 5.41) is 4.86. The van der Waals surface area contributed by atoms with Gasteiger partial charge in [-0.25, -0.2) is 4.98 Å². The summed E-state index contributed by atoms with van der Waals surface area (Å²) in [5.41, 5.74) is 2.07. The van der Waals surface area contributed by atoms with Crippen LogP contribution in [-0.2, 0) is 6.54 Å². The van der Waals surface area contributed by atoms with E-state index in [0.717, 1.165) is 17.1 Å². The van der Waals surface area contributed by atoms with Gasteiger partial charge in [-0.2, -0.15) is 0 Å². The maximum Gasteiger partial charge on any atom is 0.307 e. The molecule has 0 aliphatic rings. The number of anilines is 1. The first-order chi connectivity index (χ1) is 7.70. The summed E-state index contributed by atoms with van der Waals surface area (Å²) < 4.78 is 1.76. The van der Waals surface area contributed by atoms with Gasteiger partial charge in [-0.15, -0.1) is 0 Å². The molecule has 0 aliphatic carbocycles. The summed E-state index contributed by atoms with van der Waals surface area (Å²) in [4.78, 5) is 15.8. The highest BCUT2D eigenvalue weighted by Gasteiger charge is 2.03. The largest absolute Gasteiger partial charge is 0.373 e. The van der Waals surface area contributed by atoms with Crippen molar-refractivity contribution in [2.24, 2.45) is 0 Å². The molecule has 2 aromatic heterocycles. The molecule has 4 nitrogen and oxygen atoms in total. The topological polar surface area (TPSA) is 46.9 Å². The van der Waals surface area contributed by atoms with Gasteiger partial charge in [0.25, 0.3) is 0 Å². The van der Waals surface area contributed by atoms with Crippen LogP contribution in [0.4, 0.5) is 5.82 Å². The second-order valence-electron chi connectivity index (χ2n) is 3.53. The number of rotatable bonds is 3. The normalized spacial score (nSPS) is 10.4. The smallest absolute Gasteiger partial charge is 0.307 e. The minimum atomic E-state index is 0.0836. The van der Waals surface area contributed by atoms with Crippen LogP contribution in [0.3, 0.4) is 0 Å². The van der Waals surface area contributed by atoms with Crippen molar-refractivity contribution < 1.29 is 0 Å². The molecule has 0 aliphatic heterocycles. The van der Waals surface area contributed by atoms with Crippen molar-refractivity contribution in [3.05, 3.63) is 44.6 Å². The maximum atomic E-state index is 11.5. The maximum absolute atomic E-state index is 11.5. The molecule has 0 saturated carbocycles. The number of thiazole rings is 1. The van der Waals surface area contributed by atoms with E-state index in [1.165, 1.54) is 11.3 Å². The average molecular weight is 235 g/mol. The lowest BCUT2D eigenvalue weighted by atomic mass is 10.2. The Morgan fingerprint density at radius 1 is 1.56 bits per heavy atom. The number of aromatic nitrogens is 2. The number of aryl methyl sites for hydroxylation is 1. The molecule has 0 bridgehead atoms. The third kappa shape index (κ3) is 2.14. The monoisotopic (exact) mass is 235 g/mol. The van der Waals surface area contributed by atoms with Crippen LogP contribution in [0.1, 0.15) is 11.3 Å². The Balaban J connectivity index is 2.30. The van der Waals surface area contributed by atoms with Crippen LogP contribution in [-0.4, -0.2) is 16.6 Å². The van der Waals surface area contributed by atoms with Crippen LogP contribution in [0.15, 0.2) is 28.5 Å². The summed E-state index contributed by atoms with van der Waals surface area (Å²) in [6.07, 6.45) is 1.74. The van der Waals surface area contributed by atoms with Gasteiger partial charge in [-0.3, -0.25) is 9.36 Å². The van der Waals surface area contributed by atoms with Crippen molar-refractivity contribution >= 4 is 17.2 Å². The highest BCUT2D eigenvalue weighted by Crippen LogP contribution is 2.09. The van der Waals surface area contributed by atoms with Crippen molar-refractivity contribution in [1.29, 1.82) is 0 Å². The van der Waals surface area contributed by atoms with Crippen LogP contribution < -0.4 is 10.2 Å². The third-order valence-corrected chi connectivity index (χ3v) is 3.28. The van der Waals surface area contributed by atoms with Crippen molar-refractivity contribution in [2.75, 3.05) is 12.4 Å². The van der Waals surface area contributed by atoms with Crippen LogP contribution in [0, 0.1) is 6.92 Å². The number of hydrogen-bond acceptors (Lipinski definition) is 4. The molecular formula is C11H13N3OS. The van der Waals surface area contributed by atoms with Crippen LogP contribution in [0.2, 0.25) is 0 Å². The fourth-order valence-electron chi connectivity index (χ4n) is 1.49. The molecule has 16 heavy (non-hydrogen) atoms. The number of hydrogen-bond donors (Lipinski definition) is 1. The van der Waals surface area contributed by atoms with E-state index in [9.17, 15) is 4.79 Å². The Morgan fingerprint density at radius 3 is 3.00 bits per heavy atom. The Labute approximate surface area is 97.6 Å². The van der Waals surface area contributed by atoms with Crippen LogP contribution in [0.25, 0.3) is 0 Å². The molecule has 84 valence electrons. The van der Waals surface area contributed by atoms with Gasteiger partial charge in [0.1, 0.15) is 5.82 Å². The van der Waals surface area contributed by atoms with E-state index in [1.807, 2.05) is 31.5 Å². The predicted molar refractivity (Wildman–Crippen MR) is 66.2 cm³/mol. The zero-order valence-electron chi connectivity index (χ0n) is 9.23. The molecule has 0 spiro atoms. The van der Waals surface area contributed by atoms with Crippen molar-refractivity contribution in [2.45, 2.75) is 13.5 Å². The van der Waals surface area contributed by atoms with Gasteiger partial charge in [-0.1, -0.05) is 11.3 Å². The Bertz CT molecular complexity index is 544. The van der Waals surface area contributed by atoms with E-state index in [4.69, 9.17) is 0 Å². The lowest BCUT2D eigenvalue weighted by Gasteiger charge is -2.06. The highest BCUT2D eigenvalue weighted by molar-refractivity contribution is 7.07. The molecule has 0 radical (unpaired) electrons. The first-order valence-corrected chi connectivity index (χ1v) is 5.86. The van der Waals surface area contributed by atoms with E-state index in [-0.39, 0.29) is 4.87 Å². The van der Waals surface area contributed by atoms with Crippen LogP contribution in [0.5, 0.6) is 0 Å². The van der Waals surface area contributed by atoms with Gasteiger partial charge < -0.3 is 5.32 Å². The summed E-state index contributed by atoms with van der Waals surface area (Å²) in [5.74, 6) is 0.818. The van der Waals surface area contributed by atoms with Gasteiger partial charge in [-0.05, 0) is 24.6 Å². The van der Waals surface area contributed by atoms with E-state index in [2.05, 4.69) is 10.3 Å². The summed E-state index contributed by atoms with van der Waals surface area (Å²) in [7, 11) is 1.83. The first kappa shape index (κ1) is 10.9. The first-order valence-electron chi connectivity index (χ1n) is 4.98. The van der Waals surface area contributed by atoms with E-state index in [0.29, 0.717) is 6.54 Å². The molecule has 0 fully saturated rings. The second-order valence-corrected chi connectivity index (χ2v) is 4.35.